The monoisotopic (exact) mass is 207 g/mol. The number of hydrogen-bond donors (Lipinski definition) is 2. The maximum absolute atomic E-state index is 10.8. The number of fused-ring (bicyclic) bond motifs is 1. The molecule has 0 amide bonds. The predicted octanol–water partition coefficient (Wildman–Crippen LogP) is 1.54. The third-order valence-electron chi connectivity index (χ3n) is 2.38. The molecule has 15 heavy (non-hydrogen) atoms. The lowest BCUT2D eigenvalue weighted by Gasteiger charge is -2.11. The quantitative estimate of drug-likeness (QED) is 0.541. The Morgan fingerprint density at radius 1 is 1.60 bits per heavy atom. The lowest BCUT2D eigenvalue weighted by Crippen LogP contribution is -2.24. The van der Waals surface area contributed by atoms with Crippen LogP contribution in [0.4, 0.5) is 5.69 Å². The molecule has 4 heteroatoms. The molecule has 1 aliphatic heterocycles. The van der Waals surface area contributed by atoms with Gasteiger partial charge in [0.15, 0.2) is 0 Å². The number of carbonyl (C=O) groups excluding carboxylic acids is 1. The van der Waals surface area contributed by atoms with Crippen LogP contribution in [0.15, 0.2) is 18.2 Å². The Hall–Kier alpha value is -1.71. The SMILES string of the molecule is C[C@@H]1CC(C=O)Nc2ccc(O)cc2O1. The summed E-state index contributed by atoms with van der Waals surface area (Å²) in [6.45, 7) is 1.90. The number of ether oxygens (including phenoxy) is 1. The van der Waals surface area contributed by atoms with Gasteiger partial charge < -0.3 is 20.0 Å². The Morgan fingerprint density at radius 3 is 3.13 bits per heavy atom. The van der Waals surface area contributed by atoms with E-state index in [1.807, 2.05) is 6.92 Å². The van der Waals surface area contributed by atoms with E-state index in [0.717, 1.165) is 12.0 Å². The highest BCUT2D eigenvalue weighted by Crippen LogP contribution is 2.32. The van der Waals surface area contributed by atoms with Crippen LogP contribution >= 0.6 is 0 Å². The topological polar surface area (TPSA) is 58.6 Å². The number of aldehydes is 1. The Morgan fingerprint density at radius 2 is 2.40 bits per heavy atom. The van der Waals surface area contributed by atoms with Crippen molar-refractivity contribution in [3.63, 3.8) is 0 Å². The first kappa shape index (κ1) is 9.83. The lowest BCUT2D eigenvalue weighted by molar-refractivity contribution is -0.108. The van der Waals surface area contributed by atoms with E-state index < -0.39 is 0 Å². The van der Waals surface area contributed by atoms with Gasteiger partial charge in [0.25, 0.3) is 0 Å². The number of benzene rings is 1. The molecule has 1 aromatic carbocycles. The highest BCUT2D eigenvalue weighted by Gasteiger charge is 2.20. The molecule has 4 nitrogen and oxygen atoms in total. The summed E-state index contributed by atoms with van der Waals surface area (Å²) in [5, 5.41) is 12.4. The second-order valence-corrected chi connectivity index (χ2v) is 3.73. The van der Waals surface area contributed by atoms with E-state index in [9.17, 15) is 9.90 Å². The summed E-state index contributed by atoms with van der Waals surface area (Å²) < 4.78 is 5.59. The van der Waals surface area contributed by atoms with Gasteiger partial charge in [0.2, 0.25) is 0 Å². The van der Waals surface area contributed by atoms with E-state index in [4.69, 9.17) is 4.74 Å². The third-order valence-corrected chi connectivity index (χ3v) is 2.38. The highest BCUT2D eigenvalue weighted by atomic mass is 16.5. The average molecular weight is 207 g/mol. The maximum Gasteiger partial charge on any atom is 0.146 e. The highest BCUT2D eigenvalue weighted by molar-refractivity contribution is 5.69. The van der Waals surface area contributed by atoms with E-state index in [1.165, 1.54) is 0 Å². The molecule has 0 aromatic heterocycles. The average Bonchev–Trinajstić information content (AvgIpc) is 2.35. The van der Waals surface area contributed by atoms with E-state index >= 15 is 0 Å². The van der Waals surface area contributed by atoms with E-state index in [1.54, 1.807) is 18.2 Å². The maximum atomic E-state index is 10.8. The van der Waals surface area contributed by atoms with Gasteiger partial charge >= 0.3 is 0 Å². The van der Waals surface area contributed by atoms with Crippen LogP contribution in [0.1, 0.15) is 13.3 Å². The van der Waals surface area contributed by atoms with Crippen molar-refractivity contribution < 1.29 is 14.6 Å². The molecule has 0 spiro atoms. The van der Waals surface area contributed by atoms with Gasteiger partial charge in [-0.3, -0.25) is 0 Å². The summed E-state index contributed by atoms with van der Waals surface area (Å²) in [5.74, 6) is 0.749. The largest absolute Gasteiger partial charge is 0.508 e. The fraction of sp³-hybridized carbons (Fsp3) is 0.364. The standard InChI is InChI=1S/C11H13NO3/c1-7-4-8(6-13)12-10-3-2-9(14)5-11(10)15-7/h2-3,5-8,12,14H,4H2,1H3/t7-,8?/m1/s1. The second kappa shape index (κ2) is 3.81. The molecular weight excluding hydrogens is 194 g/mol. The third kappa shape index (κ3) is 2.03. The van der Waals surface area contributed by atoms with Crippen molar-refractivity contribution in [3.8, 4) is 11.5 Å². The lowest BCUT2D eigenvalue weighted by atomic mass is 10.1. The van der Waals surface area contributed by atoms with Gasteiger partial charge in [0.05, 0.1) is 17.8 Å². The molecule has 0 radical (unpaired) electrons. The Labute approximate surface area is 87.9 Å². The van der Waals surface area contributed by atoms with Crippen molar-refractivity contribution in [2.24, 2.45) is 0 Å². The Bertz CT molecular complexity index is 378. The van der Waals surface area contributed by atoms with Crippen molar-refractivity contribution in [3.05, 3.63) is 18.2 Å². The summed E-state index contributed by atoms with van der Waals surface area (Å²) in [6, 6.07) is 4.59. The molecule has 2 rings (SSSR count). The molecule has 1 heterocycles. The molecule has 0 bridgehead atoms. The zero-order valence-corrected chi connectivity index (χ0v) is 8.43. The molecule has 1 unspecified atom stereocenters. The fourth-order valence-corrected chi connectivity index (χ4v) is 1.70. The zero-order chi connectivity index (χ0) is 10.8. The van der Waals surface area contributed by atoms with Gasteiger partial charge in [-0.05, 0) is 19.1 Å². The number of hydrogen-bond acceptors (Lipinski definition) is 4. The van der Waals surface area contributed by atoms with E-state index in [0.29, 0.717) is 12.2 Å². The van der Waals surface area contributed by atoms with Crippen LogP contribution in [0, 0.1) is 0 Å². The van der Waals surface area contributed by atoms with Crippen LogP contribution < -0.4 is 10.1 Å². The van der Waals surface area contributed by atoms with Gasteiger partial charge in [-0.2, -0.15) is 0 Å². The second-order valence-electron chi connectivity index (χ2n) is 3.73. The van der Waals surface area contributed by atoms with Crippen molar-refractivity contribution >= 4 is 12.0 Å². The smallest absolute Gasteiger partial charge is 0.146 e. The number of carbonyl (C=O) groups is 1. The summed E-state index contributed by atoms with van der Waals surface area (Å²) in [5.41, 5.74) is 0.745. The van der Waals surface area contributed by atoms with Crippen LogP contribution in [-0.2, 0) is 4.79 Å². The number of anilines is 1. The molecule has 1 aliphatic rings. The normalized spacial score (nSPS) is 24.3. The van der Waals surface area contributed by atoms with Crippen LogP contribution in [0.3, 0.4) is 0 Å². The summed E-state index contributed by atoms with van der Waals surface area (Å²) in [7, 11) is 0. The summed E-state index contributed by atoms with van der Waals surface area (Å²) in [6.07, 6.45) is 1.46. The number of nitrogens with one attached hydrogen (secondary N) is 1. The molecule has 0 aliphatic carbocycles. The molecule has 0 saturated heterocycles. The van der Waals surface area contributed by atoms with Crippen LogP contribution in [-0.4, -0.2) is 23.5 Å². The first-order chi connectivity index (χ1) is 7.19. The van der Waals surface area contributed by atoms with Crippen molar-refractivity contribution in [1.82, 2.24) is 0 Å². The van der Waals surface area contributed by atoms with Gasteiger partial charge in [-0.15, -0.1) is 0 Å². The molecule has 0 fully saturated rings. The van der Waals surface area contributed by atoms with Crippen LogP contribution in [0.5, 0.6) is 11.5 Å². The number of phenolic OH excluding ortho intramolecular Hbond substituents is 1. The summed E-state index contributed by atoms with van der Waals surface area (Å²) in [4.78, 5) is 10.8. The molecule has 2 atom stereocenters. The fourth-order valence-electron chi connectivity index (χ4n) is 1.70. The first-order valence-corrected chi connectivity index (χ1v) is 4.90. The van der Waals surface area contributed by atoms with E-state index in [-0.39, 0.29) is 17.9 Å². The molecule has 0 saturated carbocycles. The van der Waals surface area contributed by atoms with Crippen molar-refractivity contribution in [2.45, 2.75) is 25.5 Å². The molecular formula is C11H13NO3. The summed E-state index contributed by atoms with van der Waals surface area (Å²) >= 11 is 0. The van der Waals surface area contributed by atoms with Crippen LogP contribution in [0.25, 0.3) is 0 Å². The number of rotatable bonds is 1. The minimum atomic E-state index is -0.231. The molecule has 80 valence electrons. The first-order valence-electron chi connectivity index (χ1n) is 4.90. The predicted molar refractivity (Wildman–Crippen MR) is 56.3 cm³/mol. The van der Waals surface area contributed by atoms with Gasteiger partial charge in [0, 0.05) is 12.5 Å². The zero-order valence-electron chi connectivity index (χ0n) is 8.43. The Balaban J connectivity index is 2.35. The van der Waals surface area contributed by atoms with Crippen LogP contribution in [0.2, 0.25) is 0 Å². The van der Waals surface area contributed by atoms with Crippen molar-refractivity contribution in [2.75, 3.05) is 5.32 Å². The van der Waals surface area contributed by atoms with E-state index in [2.05, 4.69) is 5.32 Å². The Kier molecular flexibility index (Phi) is 2.49. The molecule has 2 N–H and O–H groups in total. The van der Waals surface area contributed by atoms with Gasteiger partial charge in [0.1, 0.15) is 17.8 Å². The van der Waals surface area contributed by atoms with Gasteiger partial charge in [-0.1, -0.05) is 0 Å². The number of aromatic hydroxyl groups is 1. The molecule has 1 aromatic rings. The van der Waals surface area contributed by atoms with Crippen molar-refractivity contribution in [1.29, 1.82) is 0 Å². The minimum Gasteiger partial charge on any atom is -0.508 e. The number of phenols is 1. The van der Waals surface area contributed by atoms with Gasteiger partial charge in [-0.25, -0.2) is 0 Å². The minimum absolute atomic E-state index is 0.0456.